The zero-order valence-electron chi connectivity index (χ0n) is 20.5. The summed E-state index contributed by atoms with van der Waals surface area (Å²) in [4.78, 5) is 68.7. The monoisotopic (exact) mass is 573 g/mol. The molecule has 3 saturated heterocycles. The number of carbonyl (C=O) groups is 5. The van der Waals surface area contributed by atoms with Gasteiger partial charge in [0.25, 0.3) is 11.8 Å². The molecular formula is C20H30N4NaO10S2+. The fourth-order valence-electron chi connectivity index (χ4n) is 4.05. The minimum Gasteiger partial charge on any atom is -0.371 e. The van der Waals surface area contributed by atoms with Gasteiger partial charge in [-0.05, 0) is 25.7 Å². The van der Waals surface area contributed by atoms with E-state index in [1.807, 2.05) is 11.8 Å². The van der Waals surface area contributed by atoms with Crippen molar-refractivity contribution >= 4 is 53.6 Å². The second kappa shape index (κ2) is 16.8. The summed E-state index contributed by atoms with van der Waals surface area (Å²) in [7, 11) is 0. The van der Waals surface area contributed by atoms with Gasteiger partial charge in [-0.2, -0.15) is 17.2 Å². The summed E-state index contributed by atoms with van der Waals surface area (Å²) in [6.45, 7) is 0.421. The van der Waals surface area contributed by atoms with Crippen LogP contribution in [0.5, 0.6) is 0 Å². The van der Waals surface area contributed by atoms with E-state index >= 15 is 0 Å². The van der Waals surface area contributed by atoms with Crippen molar-refractivity contribution in [2.24, 2.45) is 0 Å². The Labute approximate surface area is 244 Å². The second-order valence-electron chi connectivity index (χ2n) is 8.47. The van der Waals surface area contributed by atoms with Crippen molar-refractivity contribution in [1.82, 2.24) is 21.2 Å². The molecule has 3 rings (SSSR count). The number of rotatable bonds is 16. The minimum atomic E-state index is -0.973. The van der Waals surface area contributed by atoms with E-state index in [-0.39, 0.29) is 66.5 Å². The number of fused-ring (bicyclic) bond motifs is 1. The molecule has 202 valence electrons. The maximum Gasteiger partial charge on any atom is 1.00 e. The number of nitrogens with one attached hydrogen (secondary N) is 3. The first-order valence-electron chi connectivity index (χ1n) is 11.7. The van der Waals surface area contributed by atoms with Crippen LogP contribution in [0.15, 0.2) is 0 Å². The molecule has 0 bridgehead atoms. The summed E-state index contributed by atoms with van der Waals surface area (Å²) in [5, 5.41) is 17.2. The van der Waals surface area contributed by atoms with Crippen LogP contribution in [-0.4, -0.2) is 75.0 Å². The SMILES string of the molecule is O=C1NC2CSC(CCCCC(=O)ONCCCCCC(=O)ON3C(=O)CC(SOOO)C3=O)C2N1.[Na+]. The van der Waals surface area contributed by atoms with Crippen molar-refractivity contribution < 1.29 is 77.8 Å². The molecule has 4 N–H and O–H groups in total. The predicted molar refractivity (Wildman–Crippen MR) is 125 cm³/mol. The Morgan fingerprint density at radius 3 is 2.62 bits per heavy atom. The minimum absolute atomic E-state index is 0. The van der Waals surface area contributed by atoms with Crippen molar-refractivity contribution in [3.63, 3.8) is 0 Å². The van der Waals surface area contributed by atoms with E-state index in [1.54, 1.807) is 0 Å². The number of hydroxylamine groups is 3. The van der Waals surface area contributed by atoms with Gasteiger partial charge in [0, 0.05) is 42.4 Å². The van der Waals surface area contributed by atoms with E-state index in [1.165, 1.54) is 0 Å². The summed E-state index contributed by atoms with van der Waals surface area (Å²) < 4.78 is 4.16. The van der Waals surface area contributed by atoms with Gasteiger partial charge < -0.3 is 20.3 Å². The van der Waals surface area contributed by atoms with Gasteiger partial charge in [0.1, 0.15) is 5.25 Å². The quantitative estimate of drug-likeness (QED) is 0.0302. The van der Waals surface area contributed by atoms with E-state index < -0.39 is 23.0 Å². The third kappa shape index (κ3) is 10.2. The zero-order valence-corrected chi connectivity index (χ0v) is 24.1. The number of amides is 4. The molecule has 14 nitrogen and oxygen atoms in total. The molecule has 0 spiro atoms. The van der Waals surface area contributed by atoms with Crippen LogP contribution >= 0.6 is 23.8 Å². The molecule has 4 unspecified atom stereocenters. The first-order chi connectivity index (χ1) is 17.4. The Kier molecular flexibility index (Phi) is 14.5. The number of unbranched alkanes of at least 4 members (excludes halogenated alkanes) is 3. The Balaban J connectivity index is 0.00000481. The van der Waals surface area contributed by atoms with Gasteiger partial charge in [-0.3, -0.25) is 14.4 Å². The maximum absolute atomic E-state index is 12.0. The van der Waals surface area contributed by atoms with E-state index in [0.717, 1.165) is 18.6 Å². The third-order valence-electron chi connectivity index (χ3n) is 5.84. The molecule has 0 saturated carbocycles. The van der Waals surface area contributed by atoms with Crippen molar-refractivity contribution in [2.45, 2.75) is 80.4 Å². The van der Waals surface area contributed by atoms with E-state index in [2.05, 4.69) is 25.5 Å². The molecule has 0 aromatic rings. The van der Waals surface area contributed by atoms with Crippen molar-refractivity contribution in [3.8, 4) is 0 Å². The largest absolute Gasteiger partial charge is 1.00 e. The zero-order chi connectivity index (χ0) is 25.9. The molecular weight excluding hydrogens is 543 g/mol. The molecule has 3 heterocycles. The van der Waals surface area contributed by atoms with Gasteiger partial charge in [0.05, 0.1) is 18.5 Å². The molecule has 3 aliphatic rings. The van der Waals surface area contributed by atoms with Gasteiger partial charge >= 0.3 is 47.5 Å². The number of nitrogens with zero attached hydrogens (tertiary/aromatic N) is 1. The predicted octanol–water partition coefficient (Wildman–Crippen LogP) is -2.02. The molecule has 37 heavy (non-hydrogen) atoms. The topological polar surface area (TPSA) is 182 Å². The molecule has 0 aromatic heterocycles. The summed E-state index contributed by atoms with van der Waals surface area (Å²) in [6, 6.07) is 0.268. The van der Waals surface area contributed by atoms with E-state index in [0.29, 0.717) is 61.0 Å². The maximum atomic E-state index is 12.0. The molecule has 0 aliphatic carbocycles. The number of hydrogen-bond donors (Lipinski definition) is 4. The Hall–Kier alpha value is -1.11. The van der Waals surface area contributed by atoms with Gasteiger partial charge in [-0.15, -0.1) is 9.40 Å². The average Bonchev–Trinajstić information content (AvgIpc) is 3.48. The van der Waals surface area contributed by atoms with Crippen molar-refractivity contribution in [1.29, 1.82) is 0 Å². The fraction of sp³-hybridized carbons (Fsp3) is 0.750. The van der Waals surface area contributed by atoms with Crippen molar-refractivity contribution in [2.75, 3.05) is 12.3 Å². The number of urea groups is 1. The van der Waals surface area contributed by atoms with Crippen LogP contribution in [0.25, 0.3) is 0 Å². The van der Waals surface area contributed by atoms with Gasteiger partial charge in [0.15, 0.2) is 0 Å². The number of carbonyl (C=O) groups excluding carboxylic acids is 5. The first-order valence-corrected chi connectivity index (χ1v) is 13.6. The van der Waals surface area contributed by atoms with Crippen LogP contribution in [0.3, 0.4) is 0 Å². The average molecular weight is 574 g/mol. The first kappa shape index (κ1) is 32.1. The van der Waals surface area contributed by atoms with Crippen LogP contribution in [0.2, 0.25) is 0 Å². The van der Waals surface area contributed by atoms with Crippen LogP contribution in [-0.2, 0) is 38.2 Å². The molecule has 4 amide bonds. The summed E-state index contributed by atoms with van der Waals surface area (Å²) in [5.74, 6) is -1.61. The van der Waals surface area contributed by atoms with Crippen molar-refractivity contribution in [3.05, 3.63) is 0 Å². The molecule has 3 fully saturated rings. The number of thioether (sulfide) groups is 1. The third-order valence-corrected chi connectivity index (χ3v) is 8.09. The van der Waals surface area contributed by atoms with Gasteiger partial charge in [-0.25, -0.2) is 14.8 Å². The smallest absolute Gasteiger partial charge is 0.371 e. The Morgan fingerprint density at radius 2 is 1.84 bits per heavy atom. The molecule has 0 aromatic carbocycles. The molecule has 0 radical (unpaired) electrons. The summed E-state index contributed by atoms with van der Waals surface area (Å²) >= 11 is 2.28. The van der Waals surface area contributed by atoms with E-state index in [4.69, 9.17) is 14.9 Å². The second-order valence-corrected chi connectivity index (χ2v) is 10.6. The molecule has 4 atom stereocenters. The van der Waals surface area contributed by atoms with Crippen LogP contribution in [0.1, 0.15) is 57.8 Å². The van der Waals surface area contributed by atoms with Crippen LogP contribution in [0, 0.1) is 0 Å². The Morgan fingerprint density at radius 1 is 1.08 bits per heavy atom. The summed E-state index contributed by atoms with van der Waals surface area (Å²) in [5.41, 5.74) is 2.62. The summed E-state index contributed by atoms with van der Waals surface area (Å²) in [6.07, 6.45) is 4.32. The molecule has 3 aliphatic heterocycles. The Bertz CT molecular complexity index is 826. The number of imide groups is 1. The normalized spacial score (nSPS) is 24.4. The van der Waals surface area contributed by atoms with Gasteiger partial charge in [-0.1, -0.05) is 17.9 Å². The fourth-order valence-corrected chi connectivity index (χ4v) is 6.11. The standard InChI is InChI=1S/C20H30N4O10S2.Na/c25-15-10-14(36-34-33-30)19(28)24(15)32-17(27)8-2-1-5-9-21-31-16(26)7-4-3-6-13-18-12(11-35-13)22-20(29)23-18;/h12-14,18,21,30H,1-11H2,(H2,22,23,29);/q;+1. The van der Waals surface area contributed by atoms with E-state index in [9.17, 15) is 24.0 Å². The van der Waals surface area contributed by atoms with Gasteiger partial charge in [0.2, 0.25) is 0 Å². The molecule has 17 heteroatoms. The van der Waals surface area contributed by atoms with Crippen LogP contribution in [0.4, 0.5) is 4.79 Å². The number of hydrogen-bond acceptors (Lipinski definition) is 13. The van der Waals surface area contributed by atoms with Crippen LogP contribution < -0.4 is 45.7 Å².